The molecule has 0 heterocycles. The molecule has 10 heteroatoms. The largest absolute Gasteiger partial charge is 0.506 e. The highest BCUT2D eigenvalue weighted by Gasteiger charge is 2.26. The predicted molar refractivity (Wildman–Crippen MR) is 80.0 cm³/mol. The van der Waals surface area contributed by atoms with Crippen LogP contribution in [0.15, 0.2) is 35.2 Å². The molecule has 132 valence electrons. The number of aliphatic hydroxyl groups excluding tert-OH is 1. The van der Waals surface area contributed by atoms with Crippen LogP contribution < -0.4 is 0 Å². The Labute approximate surface area is 137 Å². The number of hydrogen-bond acceptors (Lipinski definition) is 8. The standard InChI is InChI=1S/C14H16O9S/c1-8(2)13(17)22-6-9(15)7-23-14(18)10-4-3-5-11(16)12(10)24(19,20)21/h3-5,9,15-16H,1,6-7H2,2H3,(H,19,20,21). The van der Waals surface area contributed by atoms with Crippen molar-refractivity contribution in [3.05, 3.63) is 35.9 Å². The van der Waals surface area contributed by atoms with Gasteiger partial charge in [0.2, 0.25) is 0 Å². The van der Waals surface area contributed by atoms with Crippen molar-refractivity contribution in [3.8, 4) is 5.75 Å². The highest BCUT2D eigenvalue weighted by Crippen LogP contribution is 2.26. The maximum atomic E-state index is 11.9. The Morgan fingerprint density at radius 3 is 2.38 bits per heavy atom. The Morgan fingerprint density at radius 2 is 1.83 bits per heavy atom. The number of ether oxygens (including phenoxy) is 2. The molecule has 9 nitrogen and oxygen atoms in total. The third-order valence-corrected chi connectivity index (χ3v) is 3.58. The van der Waals surface area contributed by atoms with Crippen LogP contribution >= 0.6 is 0 Å². The Bertz CT molecular complexity index is 752. The third-order valence-electron chi connectivity index (χ3n) is 2.63. The van der Waals surface area contributed by atoms with Crippen LogP contribution in [0.25, 0.3) is 0 Å². The van der Waals surface area contributed by atoms with Crippen molar-refractivity contribution in [1.82, 2.24) is 0 Å². The molecule has 1 unspecified atom stereocenters. The van der Waals surface area contributed by atoms with Crippen molar-refractivity contribution in [2.45, 2.75) is 17.9 Å². The average Bonchev–Trinajstić information content (AvgIpc) is 2.48. The predicted octanol–water partition coefficient (Wildman–Crippen LogP) is 0.276. The molecule has 1 atom stereocenters. The first-order chi connectivity index (χ1) is 11.0. The van der Waals surface area contributed by atoms with Gasteiger partial charge in [0, 0.05) is 5.57 Å². The summed E-state index contributed by atoms with van der Waals surface area (Å²) in [4.78, 5) is 22.0. The average molecular weight is 360 g/mol. The number of carbonyl (C=O) groups is 2. The Kier molecular flexibility index (Phi) is 6.46. The van der Waals surface area contributed by atoms with E-state index in [1.54, 1.807) is 0 Å². The molecule has 0 spiro atoms. The summed E-state index contributed by atoms with van der Waals surface area (Å²) in [5.41, 5.74) is -0.486. The molecule has 3 N–H and O–H groups in total. The number of benzene rings is 1. The lowest BCUT2D eigenvalue weighted by Crippen LogP contribution is -2.26. The molecule has 0 aliphatic rings. The first-order valence-electron chi connectivity index (χ1n) is 6.51. The highest BCUT2D eigenvalue weighted by molar-refractivity contribution is 7.86. The number of aromatic hydroxyl groups is 1. The van der Waals surface area contributed by atoms with Gasteiger partial charge in [-0.1, -0.05) is 12.6 Å². The minimum absolute atomic E-state index is 0.122. The SMILES string of the molecule is C=C(C)C(=O)OCC(O)COC(=O)c1cccc(O)c1S(=O)(=O)O. The Morgan fingerprint density at radius 1 is 1.25 bits per heavy atom. The van der Waals surface area contributed by atoms with Crippen molar-refractivity contribution in [2.24, 2.45) is 0 Å². The van der Waals surface area contributed by atoms with Gasteiger partial charge in [-0.3, -0.25) is 4.55 Å². The number of carbonyl (C=O) groups excluding carboxylic acids is 2. The van der Waals surface area contributed by atoms with Crippen molar-refractivity contribution < 1.29 is 42.2 Å². The van der Waals surface area contributed by atoms with Gasteiger partial charge in [0.05, 0.1) is 5.56 Å². The summed E-state index contributed by atoms with van der Waals surface area (Å²) in [7, 11) is -4.87. The van der Waals surface area contributed by atoms with E-state index in [0.29, 0.717) is 0 Å². The molecule has 0 aliphatic heterocycles. The normalized spacial score (nSPS) is 12.3. The number of esters is 2. The van der Waals surface area contributed by atoms with Crippen molar-refractivity contribution in [2.75, 3.05) is 13.2 Å². The lowest BCUT2D eigenvalue weighted by Gasteiger charge is -2.13. The van der Waals surface area contributed by atoms with Crippen LogP contribution in [0.5, 0.6) is 5.75 Å². The molecule has 0 bridgehead atoms. The van der Waals surface area contributed by atoms with E-state index >= 15 is 0 Å². The van der Waals surface area contributed by atoms with Crippen molar-refractivity contribution in [1.29, 1.82) is 0 Å². The summed E-state index contributed by atoms with van der Waals surface area (Å²) in [5.74, 6) is -2.77. The van der Waals surface area contributed by atoms with Crippen LogP contribution in [0.4, 0.5) is 0 Å². The maximum Gasteiger partial charge on any atom is 0.339 e. The van der Waals surface area contributed by atoms with Crippen LogP contribution in [0, 0.1) is 0 Å². The molecular formula is C14H16O9S. The third kappa shape index (κ3) is 5.33. The zero-order valence-corrected chi connectivity index (χ0v) is 13.4. The molecule has 0 saturated carbocycles. The molecule has 0 aliphatic carbocycles. The molecule has 0 saturated heterocycles. The highest BCUT2D eigenvalue weighted by atomic mass is 32.2. The number of phenolic OH excluding ortho intramolecular Hbond substituents is 1. The second-order valence-corrected chi connectivity index (χ2v) is 6.12. The summed E-state index contributed by atoms with van der Waals surface area (Å²) >= 11 is 0. The smallest absolute Gasteiger partial charge is 0.339 e. The van der Waals surface area contributed by atoms with Crippen LogP contribution in [-0.4, -0.2) is 54.4 Å². The van der Waals surface area contributed by atoms with Crippen molar-refractivity contribution >= 4 is 22.1 Å². The van der Waals surface area contributed by atoms with Crippen molar-refractivity contribution in [3.63, 3.8) is 0 Å². The molecule has 1 rings (SSSR count). The summed E-state index contributed by atoms with van der Waals surface area (Å²) in [6, 6.07) is 3.15. The van der Waals surface area contributed by atoms with Gasteiger partial charge in [-0.05, 0) is 19.1 Å². The fraction of sp³-hybridized carbons (Fsp3) is 0.286. The fourth-order valence-corrected chi connectivity index (χ4v) is 2.31. The van der Waals surface area contributed by atoms with Gasteiger partial charge in [0.1, 0.15) is 30.0 Å². The molecule has 0 fully saturated rings. The second-order valence-electron chi connectivity index (χ2n) is 4.76. The summed E-state index contributed by atoms with van der Waals surface area (Å²) in [6.07, 6.45) is -1.36. The monoisotopic (exact) mass is 360 g/mol. The van der Waals surface area contributed by atoms with Gasteiger partial charge in [-0.15, -0.1) is 0 Å². The number of phenols is 1. The zero-order chi connectivity index (χ0) is 18.5. The molecule has 0 aromatic heterocycles. The van der Waals surface area contributed by atoms with E-state index in [1.165, 1.54) is 13.0 Å². The van der Waals surface area contributed by atoms with E-state index < -0.39 is 57.6 Å². The fourth-order valence-electron chi connectivity index (χ4n) is 1.55. The molecule has 1 aromatic carbocycles. The van der Waals surface area contributed by atoms with Gasteiger partial charge in [-0.25, -0.2) is 9.59 Å². The topological polar surface area (TPSA) is 147 Å². The molecule has 0 radical (unpaired) electrons. The van der Waals surface area contributed by atoms with Gasteiger partial charge < -0.3 is 19.7 Å². The molecule has 1 aromatic rings. The van der Waals surface area contributed by atoms with Gasteiger partial charge >= 0.3 is 11.9 Å². The first kappa shape index (κ1) is 19.6. The van der Waals surface area contributed by atoms with Crippen LogP contribution in [0.1, 0.15) is 17.3 Å². The number of hydrogen-bond donors (Lipinski definition) is 3. The minimum Gasteiger partial charge on any atom is -0.506 e. The summed E-state index contributed by atoms with van der Waals surface area (Å²) in [5, 5.41) is 19.0. The zero-order valence-electron chi connectivity index (χ0n) is 12.6. The minimum atomic E-state index is -4.87. The van der Waals surface area contributed by atoms with Gasteiger partial charge in [0.15, 0.2) is 0 Å². The lowest BCUT2D eigenvalue weighted by atomic mass is 10.2. The van der Waals surface area contributed by atoms with Gasteiger partial charge in [0.25, 0.3) is 10.1 Å². The maximum absolute atomic E-state index is 11.9. The lowest BCUT2D eigenvalue weighted by molar-refractivity contribution is -0.142. The van der Waals surface area contributed by atoms with E-state index in [9.17, 15) is 28.2 Å². The number of rotatable bonds is 7. The van der Waals surface area contributed by atoms with Crippen LogP contribution in [0.3, 0.4) is 0 Å². The van der Waals surface area contributed by atoms with E-state index in [1.807, 2.05) is 0 Å². The first-order valence-corrected chi connectivity index (χ1v) is 7.95. The van der Waals surface area contributed by atoms with E-state index in [4.69, 9.17) is 4.55 Å². The quantitative estimate of drug-likeness (QED) is 0.354. The molecular weight excluding hydrogens is 344 g/mol. The second kappa shape index (κ2) is 7.90. The van der Waals surface area contributed by atoms with E-state index in [-0.39, 0.29) is 5.57 Å². The molecule has 0 amide bonds. The van der Waals surface area contributed by atoms with Gasteiger partial charge in [-0.2, -0.15) is 8.42 Å². The number of aliphatic hydroxyl groups is 1. The van der Waals surface area contributed by atoms with Crippen LogP contribution in [0.2, 0.25) is 0 Å². The summed E-state index contributed by atoms with van der Waals surface area (Å²) in [6.45, 7) is 3.68. The van der Waals surface area contributed by atoms with E-state index in [2.05, 4.69) is 16.1 Å². The Hall–Kier alpha value is -2.43. The van der Waals surface area contributed by atoms with Crippen LogP contribution in [-0.2, 0) is 24.4 Å². The Balaban J connectivity index is 2.75. The summed E-state index contributed by atoms with van der Waals surface area (Å²) < 4.78 is 40.9. The van der Waals surface area contributed by atoms with E-state index in [0.717, 1.165) is 12.1 Å². The molecule has 24 heavy (non-hydrogen) atoms.